The molecule has 0 spiro atoms. The van der Waals surface area contributed by atoms with E-state index in [2.05, 4.69) is 43.4 Å². The third-order valence-corrected chi connectivity index (χ3v) is 3.93. The third-order valence-electron chi connectivity index (χ3n) is 3.93. The van der Waals surface area contributed by atoms with Crippen LogP contribution in [0.25, 0.3) is 0 Å². The number of rotatable bonds is 2. The Morgan fingerprint density at radius 3 is 2.58 bits per heavy atom. The Labute approximate surface area is 116 Å². The van der Waals surface area contributed by atoms with E-state index >= 15 is 0 Å². The quantitative estimate of drug-likeness (QED) is 0.886. The fourth-order valence-corrected chi connectivity index (χ4v) is 2.50. The van der Waals surface area contributed by atoms with Crippen LogP contribution in [0.5, 0.6) is 0 Å². The van der Waals surface area contributed by atoms with Crippen LogP contribution < -0.4 is 5.32 Å². The number of benzene rings is 1. The number of carbonyl (C=O) groups is 1. The molecule has 1 N–H and O–H groups in total. The van der Waals surface area contributed by atoms with Gasteiger partial charge in [-0.05, 0) is 46.2 Å². The van der Waals surface area contributed by atoms with Gasteiger partial charge in [-0.25, -0.2) is 0 Å². The fourth-order valence-electron chi connectivity index (χ4n) is 2.50. The summed E-state index contributed by atoms with van der Waals surface area (Å²) in [5.41, 5.74) is 1.99. The molecule has 1 saturated heterocycles. The van der Waals surface area contributed by atoms with Crippen molar-refractivity contribution in [2.45, 2.75) is 52.2 Å². The minimum atomic E-state index is -0.463. The lowest BCUT2D eigenvalue weighted by Crippen LogP contribution is -2.52. The second-order valence-corrected chi connectivity index (χ2v) is 6.11. The zero-order chi connectivity index (χ0) is 14.0. The predicted octanol–water partition coefficient (Wildman–Crippen LogP) is 2.48. The number of aryl methyl sites for hydroxylation is 1. The van der Waals surface area contributed by atoms with Gasteiger partial charge in [0.15, 0.2) is 0 Å². The number of nitrogens with zero attached hydrogens (tertiary/aromatic N) is 1. The van der Waals surface area contributed by atoms with E-state index in [1.54, 1.807) is 0 Å². The Kier molecular flexibility index (Phi) is 3.95. The van der Waals surface area contributed by atoms with Crippen LogP contribution in [-0.4, -0.2) is 28.9 Å². The molecule has 1 atom stereocenters. The molecule has 0 aliphatic carbocycles. The van der Waals surface area contributed by atoms with Gasteiger partial charge in [0, 0.05) is 12.6 Å². The Bertz CT molecular complexity index is 450. The van der Waals surface area contributed by atoms with Crippen LogP contribution in [-0.2, 0) is 11.3 Å². The van der Waals surface area contributed by atoms with Gasteiger partial charge in [0.05, 0.1) is 5.54 Å². The lowest BCUT2D eigenvalue weighted by atomic mass is 10.0. The highest BCUT2D eigenvalue weighted by Crippen LogP contribution is 2.20. The SMILES string of the molecule is Cc1ccc(CN2C(=O)C(C)(C)NCCC2C)cc1. The van der Waals surface area contributed by atoms with E-state index in [1.807, 2.05) is 18.7 Å². The monoisotopic (exact) mass is 260 g/mol. The summed E-state index contributed by atoms with van der Waals surface area (Å²) in [5, 5.41) is 3.33. The highest BCUT2D eigenvalue weighted by atomic mass is 16.2. The van der Waals surface area contributed by atoms with Gasteiger partial charge in [-0.1, -0.05) is 29.8 Å². The number of hydrogen-bond acceptors (Lipinski definition) is 2. The largest absolute Gasteiger partial charge is 0.334 e. The van der Waals surface area contributed by atoms with Crippen LogP contribution in [0.2, 0.25) is 0 Å². The van der Waals surface area contributed by atoms with Crippen LogP contribution in [0, 0.1) is 6.92 Å². The number of carbonyl (C=O) groups excluding carboxylic acids is 1. The maximum atomic E-state index is 12.6. The molecule has 1 aromatic carbocycles. The second kappa shape index (κ2) is 5.33. The van der Waals surface area contributed by atoms with E-state index in [1.165, 1.54) is 11.1 Å². The third kappa shape index (κ3) is 3.16. The van der Waals surface area contributed by atoms with Gasteiger partial charge in [0.2, 0.25) is 5.91 Å². The lowest BCUT2D eigenvalue weighted by molar-refractivity contribution is -0.138. The molecule has 2 rings (SSSR count). The Balaban J connectivity index is 2.20. The smallest absolute Gasteiger partial charge is 0.242 e. The maximum absolute atomic E-state index is 12.6. The minimum Gasteiger partial charge on any atom is -0.334 e. The van der Waals surface area contributed by atoms with Gasteiger partial charge < -0.3 is 10.2 Å². The van der Waals surface area contributed by atoms with Crippen molar-refractivity contribution in [2.75, 3.05) is 6.54 Å². The Morgan fingerprint density at radius 1 is 1.32 bits per heavy atom. The molecule has 1 heterocycles. The summed E-state index contributed by atoms with van der Waals surface area (Å²) < 4.78 is 0. The first-order chi connectivity index (χ1) is 8.90. The molecule has 19 heavy (non-hydrogen) atoms. The average molecular weight is 260 g/mol. The summed E-state index contributed by atoms with van der Waals surface area (Å²) in [6, 6.07) is 8.71. The van der Waals surface area contributed by atoms with Crippen LogP contribution in [0.1, 0.15) is 38.3 Å². The molecule has 1 aliphatic heterocycles. The topological polar surface area (TPSA) is 32.3 Å². The first kappa shape index (κ1) is 14.1. The summed E-state index contributed by atoms with van der Waals surface area (Å²) in [5.74, 6) is 0.193. The molecule has 3 heteroatoms. The van der Waals surface area contributed by atoms with E-state index in [4.69, 9.17) is 0 Å². The molecule has 0 bridgehead atoms. The van der Waals surface area contributed by atoms with Crippen LogP contribution >= 0.6 is 0 Å². The van der Waals surface area contributed by atoms with E-state index in [9.17, 15) is 4.79 Å². The summed E-state index contributed by atoms with van der Waals surface area (Å²) in [6.45, 7) is 9.74. The van der Waals surface area contributed by atoms with Crippen LogP contribution in [0.4, 0.5) is 0 Å². The highest BCUT2D eigenvalue weighted by Gasteiger charge is 2.36. The molecular formula is C16H24N2O. The van der Waals surface area contributed by atoms with Crippen molar-refractivity contribution in [3.05, 3.63) is 35.4 Å². The van der Waals surface area contributed by atoms with Crippen molar-refractivity contribution >= 4 is 5.91 Å². The summed E-state index contributed by atoms with van der Waals surface area (Å²) in [6.07, 6.45) is 1.00. The van der Waals surface area contributed by atoms with E-state index in [0.717, 1.165) is 13.0 Å². The summed E-state index contributed by atoms with van der Waals surface area (Å²) in [7, 11) is 0. The molecule has 0 aromatic heterocycles. The molecule has 1 aliphatic rings. The normalized spacial score (nSPS) is 23.3. The molecule has 0 radical (unpaired) electrons. The molecule has 1 fully saturated rings. The van der Waals surface area contributed by atoms with Crippen LogP contribution in [0.3, 0.4) is 0 Å². The fraction of sp³-hybridized carbons (Fsp3) is 0.562. The van der Waals surface area contributed by atoms with Crippen molar-refractivity contribution in [3.8, 4) is 0 Å². The minimum absolute atomic E-state index is 0.193. The van der Waals surface area contributed by atoms with Crippen molar-refractivity contribution in [2.24, 2.45) is 0 Å². The molecular weight excluding hydrogens is 236 g/mol. The van der Waals surface area contributed by atoms with Gasteiger partial charge in [0.1, 0.15) is 0 Å². The summed E-state index contributed by atoms with van der Waals surface area (Å²) >= 11 is 0. The molecule has 104 valence electrons. The van der Waals surface area contributed by atoms with E-state index < -0.39 is 5.54 Å². The Morgan fingerprint density at radius 2 is 1.95 bits per heavy atom. The van der Waals surface area contributed by atoms with Gasteiger partial charge in [-0.3, -0.25) is 4.79 Å². The van der Waals surface area contributed by atoms with Gasteiger partial charge >= 0.3 is 0 Å². The van der Waals surface area contributed by atoms with Gasteiger partial charge in [-0.15, -0.1) is 0 Å². The highest BCUT2D eigenvalue weighted by molar-refractivity contribution is 5.86. The summed E-state index contributed by atoms with van der Waals surface area (Å²) in [4.78, 5) is 14.6. The number of nitrogens with one attached hydrogen (secondary N) is 1. The van der Waals surface area contributed by atoms with Crippen molar-refractivity contribution < 1.29 is 4.79 Å². The Hall–Kier alpha value is -1.35. The first-order valence-electron chi connectivity index (χ1n) is 7.02. The van der Waals surface area contributed by atoms with E-state index in [-0.39, 0.29) is 11.9 Å². The molecule has 0 saturated carbocycles. The first-order valence-corrected chi connectivity index (χ1v) is 7.02. The zero-order valence-electron chi connectivity index (χ0n) is 12.4. The second-order valence-electron chi connectivity index (χ2n) is 6.11. The van der Waals surface area contributed by atoms with Crippen LogP contribution in [0.15, 0.2) is 24.3 Å². The number of hydrogen-bond donors (Lipinski definition) is 1. The lowest BCUT2D eigenvalue weighted by Gasteiger charge is -2.32. The van der Waals surface area contributed by atoms with E-state index in [0.29, 0.717) is 6.54 Å². The molecule has 1 aromatic rings. The molecule has 1 amide bonds. The zero-order valence-corrected chi connectivity index (χ0v) is 12.4. The predicted molar refractivity (Wildman–Crippen MR) is 77.9 cm³/mol. The molecule has 3 nitrogen and oxygen atoms in total. The van der Waals surface area contributed by atoms with Gasteiger partial charge in [0.25, 0.3) is 0 Å². The maximum Gasteiger partial charge on any atom is 0.242 e. The number of amides is 1. The van der Waals surface area contributed by atoms with Crippen molar-refractivity contribution in [1.29, 1.82) is 0 Å². The van der Waals surface area contributed by atoms with Crippen molar-refractivity contribution in [1.82, 2.24) is 10.2 Å². The van der Waals surface area contributed by atoms with Crippen molar-refractivity contribution in [3.63, 3.8) is 0 Å². The average Bonchev–Trinajstić information content (AvgIpc) is 2.44. The standard InChI is InChI=1S/C16H24N2O/c1-12-5-7-14(8-6-12)11-18-13(2)9-10-17-16(3,4)15(18)19/h5-8,13,17H,9-11H2,1-4H3. The van der Waals surface area contributed by atoms with Gasteiger partial charge in [-0.2, -0.15) is 0 Å². The molecule has 1 unspecified atom stereocenters.